The quantitative estimate of drug-likeness (QED) is 0.494. The zero-order valence-electron chi connectivity index (χ0n) is 16.5. The topological polar surface area (TPSA) is 70.1 Å². The Balaban J connectivity index is 1.98. The van der Waals surface area contributed by atoms with Crippen LogP contribution in [0.25, 0.3) is 0 Å². The molecule has 1 heterocycles. The second kappa shape index (κ2) is 8.30. The molecule has 0 spiro atoms. The second-order valence-electron chi connectivity index (χ2n) is 7.53. The molecule has 2 aromatic carbocycles. The van der Waals surface area contributed by atoms with Crippen LogP contribution in [0, 0.1) is 11.3 Å². The van der Waals surface area contributed by atoms with Crippen LogP contribution in [0.3, 0.4) is 0 Å². The monoisotopic (exact) mass is 521 g/mol. The highest BCUT2D eigenvalue weighted by Gasteiger charge is 2.41. The van der Waals surface area contributed by atoms with Crippen molar-refractivity contribution in [2.24, 2.45) is 5.73 Å². The number of Topliss-reactive ketones (excluding diaryl/α,β-unsaturated/α-hetero) is 1. The lowest BCUT2D eigenvalue weighted by Gasteiger charge is -2.40. The number of hydrogen-bond acceptors (Lipinski definition) is 4. The third kappa shape index (κ3) is 3.80. The first kappa shape index (κ1) is 22.4. The van der Waals surface area contributed by atoms with E-state index >= 15 is 0 Å². The summed E-state index contributed by atoms with van der Waals surface area (Å²) in [5, 5.41) is 10.0. The molecule has 0 saturated carbocycles. The van der Waals surface area contributed by atoms with Gasteiger partial charge in [0.05, 0.1) is 33.8 Å². The number of anilines is 1. The van der Waals surface area contributed by atoms with E-state index in [1.165, 1.54) is 4.90 Å². The van der Waals surface area contributed by atoms with Gasteiger partial charge < -0.3 is 5.73 Å². The van der Waals surface area contributed by atoms with Gasteiger partial charge in [0.15, 0.2) is 5.78 Å². The molecule has 2 aliphatic rings. The molecular weight excluding hydrogens is 507 g/mol. The van der Waals surface area contributed by atoms with Crippen molar-refractivity contribution in [1.82, 2.24) is 0 Å². The summed E-state index contributed by atoms with van der Waals surface area (Å²) >= 11 is 9.66. The molecule has 164 valence electrons. The molecule has 0 fully saturated rings. The Bertz CT molecular complexity index is 1210. The van der Waals surface area contributed by atoms with Gasteiger partial charge in [-0.3, -0.25) is 9.69 Å². The van der Waals surface area contributed by atoms with Gasteiger partial charge in [-0.25, -0.2) is 0 Å². The van der Waals surface area contributed by atoms with Crippen molar-refractivity contribution in [1.29, 1.82) is 5.26 Å². The highest BCUT2D eigenvalue weighted by atomic mass is 79.9. The minimum absolute atomic E-state index is 0.0109. The summed E-state index contributed by atoms with van der Waals surface area (Å²) in [6.45, 7) is 0. The number of alkyl halides is 3. The number of carbonyl (C=O) groups excluding carboxylic acids is 1. The van der Waals surface area contributed by atoms with Crippen LogP contribution >= 0.6 is 27.5 Å². The number of allylic oxidation sites excluding steroid dienone is 3. The minimum Gasteiger partial charge on any atom is -0.384 e. The lowest BCUT2D eigenvalue weighted by Crippen LogP contribution is -2.39. The normalized spacial score (nSPS) is 19.2. The zero-order chi connectivity index (χ0) is 23.2. The largest absolute Gasteiger partial charge is 0.416 e. The van der Waals surface area contributed by atoms with Crippen LogP contribution in [0.5, 0.6) is 0 Å². The average molecular weight is 523 g/mol. The average Bonchev–Trinajstić information content (AvgIpc) is 2.74. The lowest BCUT2D eigenvalue weighted by atomic mass is 9.75. The predicted octanol–water partition coefficient (Wildman–Crippen LogP) is 6.43. The Morgan fingerprint density at radius 3 is 2.47 bits per heavy atom. The molecule has 0 bridgehead atoms. The molecule has 2 aromatic rings. The Hall–Kier alpha value is -2.76. The summed E-state index contributed by atoms with van der Waals surface area (Å²) < 4.78 is 41.0. The number of benzene rings is 2. The van der Waals surface area contributed by atoms with E-state index in [0.717, 1.165) is 22.7 Å². The summed E-state index contributed by atoms with van der Waals surface area (Å²) in [5.41, 5.74) is 7.12. The molecule has 9 heteroatoms. The van der Waals surface area contributed by atoms with Crippen LogP contribution < -0.4 is 10.6 Å². The maximum atomic E-state index is 13.4. The Morgan fingerprint density at radius 1 is 1.16 bits per heavy atom. The fourth-order valence-corrected chi connectivity index (χ4v) is 4.68. The number of ketones is 1. The molecule has 1 aliphatic carbocycles. The van der Waals surface area contributed by atoms with Gasteiger partial charge in [-0.05, 0) is 48.7 Å². The van der Waals surface area contributed by atoms with Gasteiger partial charge in [0, 0.05) is 22.2 Å². The molecule has 1 atom stereocenters. The fourth-order valence-electron chi connectivity index (χ4n) is 4.21. The van der Waals surface area contributed by atoms with E-state index in [-0.39, 0.29) is 34.3 Å². The van der Waals surface area contributed by atoms with E-state index in [2.05, 4.69) is 22.0 Å². The molecule has 0 radical (unpaired) electrons. The van der Waals surface area contributed by atoms with E-state index in [1.54, 1.807) is 24.3 Å². The number of halogens is 5. The van der Waals surface area contributed by atoms with Gasteiger partial charge in [0.2, 0.25) is 0 Å². The van der Waals surface area contributed by atoms with E-state index in [9.17, 15) is 23.2 Å². The Labute approximate surface area is 195 Å². The third-order valence-corrected chi connectivity index (χ3v) is 6.48. The highest BCUT2D eigenvalue weighted by molar-refractivity contribution is 9.10. The maximum absolute atomic E-state index is 13.4. The van der Waals surface area contributed by atoms with E-state index in [4.69, 9.17) is 17.3 Å². The minimum atomic E-state index is -4.59. The van der Waals surface area contributed by atoms with E-state index in [0.29, 0.717) is 29.7 Å². The first-order valence-corrected chi connectivity index (χ1v) is 10.9. The molecule has 1 aliphatic heterocycles. The van der Waals surface area contributed by atoms with Gasteiger partial charge in [-0.15, -0.1) is 0 Å². The maximum Gasteiger partial charge on any atom is 0.416 e. The Kier molecular flexibility index (Phi) is 5.82. The first-order valence-electron chi connectivity index (χ1n) is 9.71. The summed E-state index contributed by atoms with van der Waals surface area (Å²) in [6, 6.07) is 12.2. The van der Waals surface area contributed by atoms with E-state index in [1.807, 2.05) is 0 Å². The van der Waals surface area contributed by atoms with Gasteiger partial charge in [-0.2, -0.15) is 18.4 Å². The molecule has 0 saturated heterocycles. The standard InChI is InChI=1S/C23H16BrClF3N3O/c24-14-7-4-12(5-8-14)20-15(11-29)22(30)31(17-2-1-3-19(32)21(17)20)18-10-13(23(26,27)28)6-9-16(18)25/h4-10,20H,1-3,30H2/t20-/m1/s1. The Morgan fingerprint density at radius 2 is 1.84 bits per heavy atom. The molecule has 0 unspecified atom stereocenters. The van der Waals surface area contributed by atoms with Crippen LogP contribution in [0.1, 0.15) is 36.3 Å². The number of carbonyl (C=O) groups is 1. The van der Waals surface area contributed by atoms with Crippen LogP contribution in [0.15, 0.2) is 69.6 Å². The van der Waals surface area contributed by atoms with Crippen molar-refractivity contribution in [3.8, 4) is 6.07 Å². The van der Waals surface area contributed by atoms with Crippen molar-refractivity contribution < 1.29 is 18.0 Å². The SMILES string of the molecule is N#CC1=C(N)N(c2cc(C(F)(F)F)ccc2Cl)C2=C(C(=O)CCC2)[C@@H]1c1ccc(Br)cc1. The third-order valence-electron chi connectivity index (χ3n) is 5.63. The van der Waals surface area contributed by atoms with Gasteiger partial charge in [0.1, 0.15) is 5.82 Å². The lowest BCUT2D eigenvalue weighted by molar-refractivity contribution is -0.137. The molecule has 32 heavy (non-hydrogen) atoms. The van der Waals surface area contributed by atoms with Crippen molar-refractivity contribution in [2.45, 2.75) is 31.4 Å². The van der Waals surface area contributed by atoms with Crippen LogP contribution in [0.4, 0.5) is 18.9 Å². The molecule has 2 N–H and O–H groups in total. The number of nitriles is 1. The smallest absolute Gasteiger partial charge is 0.384 e. The van der Waals surface area contributed by atoms with Gasteiger partial charge >= 0.3 is 6.18 Å². The van der Waals surface area contributed by atoms with Crippen LogP contribution in [-0.4, -0.2) is 5.78 Å². The van der Waals surface area contributed by atoms with Crippen molar-refractivity contribution in [2.75, 3.05) is 4.90 Å². The number of rotatable bonds is 2. The predicted molar refractivity (Wildman–Crippen MR) is 119 cm³/mol. The molecular formula is C23H16BrClF3N3O. The van der Waals surface area contributed by atoms with Gasteiger partial charge in [-0.1, -0.05) is 39.7 Å². The number of nitrogens with two attached hydrogens (primary N) is 1. The number of nitrogens with zero attached hydrogens (tertiary/aromatic N) is 2. The van der Waals surface area contributed by atoms with Gasteiger partial charge in [0.25, 0.3) is 0 Å². The second-order valence-corrected chi connectivity index (χ2v) is 8.85. The van der Waals surface area contributed by atoms with Crippen LogP contribution in [0.2, 0.25) is 5.02 Å². The number of hydrogen-bond donors (Lipinski definition) is 1. The van der Waals surface area contributed by atoms with E-state index < -0.39 is 17.7 Å². The first-order chi connectivity index (χ1) is 15.1. The molecule has 4 rings (SSSR count). The zero-order valence-corrected chi connectivity index (χ0v) is 18.9. The molecule has 0 aromatic heterocycles. The fraction of sp³-hybridized carbons (Fsp3) is 0.217. The molecule has 4 nitrogen and oxygen atoms in total. The summed E-state index contributed by atoms with van der Waals surface area (Å²) in [4.78, 5) is 14.4. The van der Waals surface area contributed by atoms with Crippen molar-refractivity contribution >= 4 is 39.0 Å². The highest BCUT2D eigenvalue weighted by Crippen LogP contribution is 2.48. The molecule has 0 amide bonds. The van der Waals surface area contributed by atoms with Crippen molar-refractivity contribution in [3.63, 3.8) is 0 Å². The summed E-state index contributed by atoms with van der Waals surface area (Å²) in [7, 11) is 0. The van der Waals surface area contributed by atoms with Crippen molar-refractivity contribution in [3.05, 3.63) is 85.8 Å². The summed E-state index contributed by atoms with van der Waals surface area (Å²) in [5.74, 6) is -0.890. The summed E-state index contributed by atoms with van der Waals surface area (Å²) in [6.07, 6.45) is -3.37. The van der Waals surface area contributed by atoms with Crippen LogP contribution in [-0.2, 0) is 11.0 Å².